The number of carbonyl (C=O) groups is 3. The zero-order valence-corrected chi connectivity index (χ0v) is 15.9. The van der Waals surface area contributed by atoms with Crippen LogP contribution in [0.5, 0.6) is 0 Å². The monoisotopic (exact) mass is 404 g/mol. The van der Waals surface area contributed by atoms with E-state index in [-0.39, 0.29) is 12.5 Å². The Kier molecular flexibility index (Phi) is 4.61. The fourth-order valence-electron chi connectivity index (χ4n) is 3.56. The van der Waals surface area contributed by atoms with Gasteiger partial charge in [0.2, 0.25) is 5.91 Å². The topological polar surface area (TPSA) is 91.4 Å². The van der Waals surface area contributed by atoms with E-state index >= 15 is 0 Å². The number of amides is 4. The second kappa shape index (κ2) is 6.94. The number of halogens is 1. The maximum Gasteiger partial charge on any atom is 0.325 e. The van der Waals surface area contributed by atoms with E-state index in [4.69, 9.17) is 11.6 Å². The van der Waals surface area contributed by atoms with Gasteiger partial charge >= 0.3 is 6.03 Å². The first-order valence-electron chi connectivity index (χ1n) is 8.63. The number of anilines is 1. The van der Waals surface area contributed by atoms with Gasteiger partial charge in [0, 0.05) is 16.0 Å². The minimum Gasteiger partial charge on any atom is -0.323 e. The third kappa shape index (κ3) is 3.30. The Morgan fingerprint density at radius 1 is 1.30 bits per heavy atom. The van der Waals surface area contributed by atoms with Crippen molar-refractivity contribution in [3.05, 3.63) is 34.7 Å². The SMILES string of the molecule is O=C(CN1C(=O)NC2(CCCC2)C1=O)Nc1nc(-c2ccccc2Cl)cs1. The highest BCUT2D eigenvalue weighted by atomic mass is 35.5. The second-order valence-electron chi connectivity index (χ2n) is 6.68. The zero-order chi connectivity index (χ0) is 19.0. The minimum atomic E-state index is -0.810. The van der Waals surface area contributed by atoms with Gasteiger partial charge in [-0.25, -0.2) is 9.78 Å². The molecule has 1 aliphatic carbocycles. The molecule has 2 aromatic rings. The molecule has 4 rings (SSSR count). The van der Waals surface area contributed by atoms with Crippen molar-refractivity contribution in [3.8, 4) is 11.3 Å². The van der Waals surface area contributed by atoms with Crippen molar-refractivity contribution in [2.75, 3.05) is 11.9 Å². The first kappa shape index (κ1) is 17.9. The van der Waals surface area contributed by atoms with Gasteiger partial charge in [-0.2, -0.15) is 0 Å². The molecule has 7 nitrogen and oxygen atoms in total. The van der Waals surface area contributed by atoms with Gasteiger partial charge in [-0.05, 0) is 18.9 Å². The number of hydrogen-bond acceptors (Lipinski definition) is 5. The molecule has 140 valence electrons. The van der Waals surface area contributed by atoms with Crippen molar-refractivity contribution in [2.24, 2.45) is 0 Å². The fraction of sp³-hybridized carbons (Fsp3) is 0.333. The zero-order valence-electron chi connectivity index (χ0n) is 14.3. The molecule has 4 amide bonds. The van der Waals surface area contributed by atoms with Crippen molar-refractivity contribution in [3.63, 3.8) is 0 Å². The van der Waals surface area contributed by atoms with Crippen LogP contribution in [0.25, 0.3) is 11.3 Å². The lowest BCUT2D eigenvalue weighted by Crippen LogP contribution is -2.44. The molecular formula is C18H17ClN4O3S. The number of carbonyl (C=O) groups excluding carboxylic acids is 3. The average Bonchev–Trinajstić information content (AvgIpc) is 3.34. The number of hydrogen-bond donors (Lipinski definition) is 2. The number of thiazole rings is 1. The van der Waals surface area contributed by atoms with E-state index in [1.54, 1.807) is 11.4 Å². The normalized spacial score (nSPS) is 18.2. The maximum atomic E-state index is 12.6. The number of urea groups is 1. The highest BCUT2D eigenvalue weighted by Gasteiger charge is 2.52. The molecule has 27 heavy (non-hydrogen) atoms. The van der Waals surface area contributed by atoms with Gasteiger partial charge in [-0.1, -0.05) is 42.6 Å². The molecule has 1 aromatic heterocycles. The second-order valence-corrected chi connectivity index (χ2v) is 7.94. The van der Waals surface area contributed by atoms with Crippen molar-refractivity contribution < 1.29 is 14.4 Å². The molecule has 0 unspecified atom stereocenters. The van der Waals surface area contributed by atoms with Crippen LogP contribution in [0.15, 0.2) is 29.6 Å². The van der Waals surface area contributed by atoms with Crippen molar-refractivity contribution in [1.82, 2.24) is 15.2 Å². The standard InChI is InChI=1S/C18H17ClN4O3S/c19-12-6-2-1-5-11(12)13-10-27-16(20-13)21-14(24)9-23-15(25)18(22-17(23)26)7-3-4-8-18/h1-2,5-6,10H,3-4,7-9H2,(H,22,26)(H,20,21,24). The Morgan fingerprint density at radius 3 is 2.78 bits per heavy atom. The number of benzene rings is 1. The Balaban J connectivity index is 1.42. The summed E-state index contributed by atoms with van der Waals surface area (Å²) in [6.07, 6.45) is 3.05. The van der Waals surface area contributed by atoms with Gasteiger partial charge in [-0.3, -0.25) is 14.5 Å². The lowest BCUT2D eigenvalue weighted by molar-refractivity contribution is -0.133. The van der Waals surface area contributed by atoms with Gasteiger partial charge in [0.25, 0.3) is 5.91 Å². The van der Waals surface area contributed by atoms with Gasteiger partial charge in [-0.15, -0.1) is 11.3 Å². The van der Waals surface area contributed by atoms with E-state index in [2.05, 4.69) is 15.6 Å². The summed E-state index contributed by atoms with van der Waals surface area (Å²) in [5.41, 5.74) is 0.615. The van der Waals surface area contributed by atoms with Crippen LogP contribution >= 0.6 is 22.9 Å². The number of nitrogens with zero attached hydrogens (tertiary/aromatic N) is 2. The van der Waals surface area contributed by atoms with Gasteiger partial charge < -0.3 is 10.6 Å². The average molecular weight is 405 g/mol. The molecule has 1 spiro atoms. The summed E-state index contributed by atoms with van der Waals surface area (Å²) in [7, 11) is 0. The van der Waals surface area contributed by atoms with Crippen LogP contribution < -0.4 is 10.6 Å². The van der Waals surface area contributed by atoms with E-state index in [1.807, 2.05) is 18.2 Å². The van der Waals surface area contributed by atoms with Crippen molar-refractivity contribution in [1.29, 1.82) is 0 Å². The van der Waals surface area contributed by atoms with E-state index in [1.165, 1.54) is 11.3 Å². The molecule has 1 saturated heterocycles. The third-order valence-electron chi connectivity index (χ3n) is 4.91. The fourth-order valence-corrected chi connectivity index (χ4v) is 4.52. The van der Waals surface area contributed by atoms with E-state index in [0.29, 0.717) is 28.7 Å². The summed E-state index contributed by atoms with van der Waals surface area (Å²) in [6.45, 7) is -0.326. The Bertz CT molecular complexity index is 923. The largest absolute Gasteiger partial charge is 0.325 e. The summed E-state index contributed by atoms with van der Waals surface area (Å²) < 4.78 is 0. The number of aromatic nitrogens is 1. The Hall–Kier alpha value is -2.45. The number of rotatable bonds is 4. The van der Waals surface area contributed by atoms with Gasteiger partial charge in [0.05, 0.1) is 5.69 Å². The molecule has 0 radical (unpaired) electrons. The number of nitrogens with one attached hydrogen (secondary N) is 2. The van der Waals surface area contributed by atoms with Crippen LogP contribution in [0.4, 0.5) is 9.93 Å². The predicted molar refractivity (Wildman–Crippen MR) is 103 cm³/mol. The van der Waals surface area contributed by atoms with Crippen LogP contribution in [-0.2, 0) is 9.59 Å². The molecule has 0 atom stereocenters. The smallest absolute Gasteiger partial charge is 0.323 e. The number of imide groups is 1. The van der Waals surface area contributed by atoms with Crippen LogP contribution in [-0.4, -0.2) is 39.8 Å². The van der Waals surface area contributed by atoms with Crippen LogP contribution in [0.1, 0.15) is 25.7 Å². The highest BCUT2D eigenvalue weighted by Crippen LogP contribution is 2.35. The van der Waals surface area contributed by atoms with Crippen LogP contribution in [0.2, 0.25) is 5.02 Å². The van der Waals surface area contributed by atoms with Gasteiger partial charge in [0.1, 0.15) is 12.1 Å². The Labute approximate surface area is 164 Å². The highest BCUT2D eigenvalue weighted by molar-refractivity contribution is 7.14. The van der Waals surface area contributed by atoms with E-state index < -0.39 is 17.5 Å². The maximum absolute atomic E-state index is 12.6. The van der Waals surface area contributed by atoms with Crippen LogP contribution in [0.3, 0.4) is 0 Å². The van der Waals surface area contributed by atoms with Gasteiger partial charge in [0.15, 0.2) is 5.13 Å². The lowest BCUT2D eigenvalue weighted by atomic mass is 9.98. The lowest BCUT2D eigenvalue weighted by Gasteiger charge is -2.19. The molecule has 2 fully saturated rings. The van der Waals surface area contributed by atoms with Crippen molar-refractivity contribution in [2.45, 2.75) is 31.2 Å². The molecule has 2 N–H and O–H groups in total. The summed E-state index contributed by atoms with van der Waals surface area (Å²) in [5.74, 6) is -0.773. The van der Waals surface area contributed by atoms with E-state index in [9.17, 15) is 14.4 Å². The van der Waals surface area contributed by atoms with Crippen molar-refractivity contribution >= 4 is 45.9 Å². The quantitative estimate of drug-likeness (QED) is 0.765. The first-order chi connectivity index (χ1) is 13.0. The predicted octanol–water partition coefficient (Wildman–Crippen LogP) is 3.27. The molecule has 9 heteroatoms. The summed E-state index contributed by atoms with van der Waals surface area (Å²) >= 11 is 7.42. The molecule has 1 aliphatic heterocycles. The molecule has 0 bridgehead atoms. The summed E-state index contributed by atoms with van der Waals surface area (Å²) in [6, 6.07) is 6.79. The molecule has 1 saturated carbocycles. The van der Waals surface area contributed by atoms with E-state index in [0.717, 1.165) is 23.3 Å². The molecular weight excluding hydrogens is 388 g/mol. The summed E-state index contributed by atoms with van der Waals surface area (Å²) in [4.78, 5) is 42.4. The molecule has 2 aliphatic rings. The third-order valence-corrected chi connectivity index (χ3v) is 5.99. The summed E-state index contributed by atoms with van der Waals surface area (Å²) in [5, 5.41) is 8.16. The van der Waals surface area contributed by atoms with Crippen LogP contribution in [0, 0.1) is 0 Å². The molecule has 1 aromatic carbocycles. The first-order valence-corrected chi connectivity index (χ1v) is 9.89. The Morgan fingerprint density at radius 2 is 2.04 bits per heavy atom. The molecule has 2 heterocycles. The minimum absolute atomic E-state index is 0.309.